The lowest BCUT2D eigenvalue weighted by molar-refractivity contribution is -0.122. The quantitative estimate of drug-likeness (QED) is 0.702. The van der Waals surface area contributed by atoms with Crippen molar-refractivity contribution in [2.45, 2.75) is 32.8 Å². The molecule has 0 radical (unpaired) electrons. The summed E-state index contributed by atoms with van der Waals surface area (Å²) in [6, 6.07) is 0. The molecule has 0 bridgehead atoms. The maximum absolute atomic E-state index is 11.5. The Morgan fingerprint density at radius 3 is 3.07 bits per heavy atom. The zero-order valence-corrected chi connectivity index (χ0v) is 9.71. The van der Waals surface area contributed by atoms with Crippen LogP contribution in [0.4, 0.5) is 0 Å². The molecule has 1 aliphatic heterocycles. The van der Waals surface area contributed by atoms with Crippen molar-refractivity contribution in [3.8, 4) is 0 Å². The summed E-state index contributed by atoms with van der Waals surface area (Å²) in [5.74, 6) is 0.605. The third-order valence-electron chi connectivity index (χ3n) is 2.76. The molecule has 2 atom stereocenters. The Kier molecular flexibility index (Phi) is 5.65. The van der Waals surface area contributed by atoms with Gasteiger partial charge in [0.25, 0.3) is 0 Å². The number of hydrogen-bond acceptors (Lipinski definition) is 3. The van der Waals surface area contributed by atoms with Gasteiger partial charge >= 0.3 is 0 Å². The molecule has 1 amide bonds. The molecule has 4 heteroatoms. The van der Waals surface area contributed by atoms with Gasteiger partial charge in [0, 0.05) is 26.1 Å². The Morgan fingerprint density at radius 2 is 2.47 bits per heavy atom. The Hall–Kier alpha value is -0.610. The molecule has 1 heterocycles. The Bertz CT molecular complexity index is 191. The second-order valence-corrected chi connectivity index (χ2v) is 4.22. The lowest BCUT2D eigenvalue weighted by Gasteiger charge is -2.23. The number of rotatable bonds is 5. The highest BCUT2D eigenvalue weighted by atomic mass is 16.5. The van der Waals surface area contributed by atoms with E-state index in [1.165, 1.54) is 0 Å². The van der Waals surface area contributed by atoms with E-state index in [4.69, 9.17) is 4.74 Å². The van der Waals surface area contributed by atoms with E-state index in [-0.39, 0.29) is 12.0 Å². The van der Waals surface area contributed by atoms with Gasteiger partial charge in [-0.05, 0) is 5.92 Å². The van der Waals surface area contributed by atoms with Gasteiger partial charge in [0.05, 0.1) is 12.7 Å². The topological polar surface area (TPSA) is 50.4 Å². The summed E-state index contributed by atoms with van der Waals surface area (Å²) in [5, 5.41) is 6.15. The number of carbonyl (C=O) groups excluding carboxylic acids is 1. The molecule has 0 aliphatic carbocycles. The van der Waals surface area contributed by atoms with Gasteiger partial charge in [-0.1, -0.05) is 20.3 Å². The van der Waals surface area contributed by atoms with Crippen molar-refractivity contribution in [3.05, 3.63) is 0 Å². The highest BCUT2D eigenvalue weighted by Gasteiger charge is 2.14. The minimum absolute atomic E-state index is 0.138. The SMILES string of the molecule is CCC(C)CC(=O)NCC1CNCCO1. The van der Waals surface area contributed by atoms with Crippen molar-refractivity contribution in [2.75, 3.05) is 26.2 Å². The van der Waals surface area contributed by atoms with E-state index in [2.05, 4.69) is 24.5 Å². The number of nitrogens with one attached hydrogen (secondary N) is 2. The van der Waals surface area contributed by atoms with Crippen molar-refractivity contribution in [3.63, 3.8) is 0 Å². The van der Waals surface area contributed by atoms with Crippen LogP contribution in [0.1, 0.15) is 26.7 Å². The van der Waals surface area contributed by atoms with Crippen molar-refractivity contribution in [1.29, 1.82) is 0 Å². The van der Waals surface area contributed by atoms with Crippen LogP contribution < -0.4 is 10.6 Å². The van der Waals surface area contributed by atoms with Gasteiger partial charge in [-0.15, -0.1) is 0 Å². The first-order chi connectivity index (χ1) is 7.22. The number of morpholine rings is 1. The van der Waals surface area contributed by atoms with Crippen LogP contribution in [0, 0.1) is 5.92 Å². The number of hydrogen-bond donors (Lipinski definition) is 2. The molecule has 1 fully saturated rings. The van der Waals surface area contributed by atoms with Crippen LogP contribution in [0.3, 0.4) is 0 Å². The predicted molar refractivity (Wildman–Crippen MR) is 59.7 cm³/mol. The summed E-state index contributed by atoms with van der Waals surface area (Å²) >= 11 is 0. The van der Waals surface area contributed by atoms with Gasteiger partial charge in [0.15, 0.2) is 0 Å². The maximum Gasteiger partial charge on any atom is 0.220 e. The van der Waals surface area contributed by atoms with E-state index in [9.17, 15) is 4.79 Å². The highest BCUT2D eigenvalue weighted by Crippen LogP contribution is 2.05. The van der Waals surface area contributed by atoms with Gasteiger partial charge in [-0.2, -0.15) is 0 Å². The zero-order chi connectivity index (χ0) is 11.1. The largest absolute Gasteiger partial charge is 0.374 e. The van der Waals surface area contributed by atoms with E-state index >= 15 is 0 Å². The fraction of sp³-hybridized carbons (Fsp3) is 0.909. The number of carbonyl (C=O) groups is 1. The molecule has 1 saturated heterocycles. The monoisotopic (exact) mass is 214 g/mol. The van der Waals surface area contributed by atoms with Crippen LogP contribution in [-0.4, -0.2) is 38.3 Å². The minimum atomic E-state index is 0.138. The van der Waals surface area contributed by atoms with E-state index in [0.717, 1.165) is 26.1 Å². The van der Waals surface area contributed by atoms with E-state index < -0.39 is 0 Å². The average molecular weight is 214 g/mol. The molecule has 0 aromatic carbocycles. The first-order valence-corrected chi connectivity index (χ1v) is 5.81. The fourth-order valence-electron chi connectivity index (χ4n) is 1.51. The normalized spacial score (nSPS) is 23.5. The summed E-state index contributed by atoms with van der Waals surface area (Å²) in [6.45, 7) is 7.32. The third kappa shape index (κ3) is 5.14. The van der Waals surface area contributed by atoms with Crippen molar-refractivity contribution in [2.24, 2.45) is 5.92 Å². The van der Waals surface area contributed by atoms with Crippen LogP contribution >= 0.6 is 0 Å². The first-order valence-electron chi connectivity index (χ1n) is 5.81. The number of ether oxygens (including phenoxy) is 1. The summed E-state index contributed by atoms with van der Waals surface area (Å²) in [5.41, 5.74) is 0. The summed E-state index contributed by atoms with van der Waals surface area (Å²) in [6.07, 6.45) is 1.81. The molecule has 1 aliphatic rings. The van der Waals surface area contributed by atoms with Gasteiger partial charge < -0.3 is 15.4 Å². The molecule has 0 aromatic rings. The Labute approximate surface area is 91.8 Å². The maximum atomic E-state index is 11.5. The lowest BCUT2D eigenvalue weighted by atomic mass is 10.1. The molecule has 4 nitrogen and oxygen atoms in total. The van der Waals surface area contributed by atoms with E-state index in [1.54, 1.807) is 0 Å². The Balaban J connectivity index is 2.10. The molecule has 15 heavy (non-hydrogen) atoms. The molecular formula is C11H22N2O2. The summed E-state index contributed by atoms with van der Waals surface area (Å²) in [4.78, 5) is 11.5. The second kappa shape index (κ2) is 6.80. The highest BCUT2D eigenvalue weighted by molar-refractivity contribution is 5.76. The van der Waals surface area contributed by atoms with Crippen LogP contribution in [0.25, 0.3) is 0 Å². The van der Waals surface area contributed by atoms with Crippen molar-refractivity contribution in [1.82, 2.24) is 10.6 Å². The van der Waals surface area contributed by atoms with Crippen LogP contribution in [0.2, 0.25) is 0 Å². The standard InChI is InChI=1S/C11H22N2O2/c1-3-9(2)6-11(14)13-8-10-7-12-4-5-15-10/h9-10,12H,3-8H2,1-2H3,(H,13,14). The molecule has 88 valence electrons. The molecule has 2 N–H and O–H groups in total. The van der Waals surface area contributed by atoms with Crippen molar-refractivity contribution >= 4 is 5.91 Å². The Morgan fingerprint density at radius 1 is 1.67 bits per heavy atom. The third-order valence-corrected chi connectivity index (χ3v) is 2.76. The molecule has 0 saturated carbocycles. The van der Waals surface area contributed by atoms with Crippen LogP contribution in [0.5, 0.6) is 0 Å². The van der Waals surface area contributed by atoms with Gasteiger partial charge in [-0.3, -0.25) is 4.79 Å². The van der Waals surface area contributed by atoms with Gasteiger partial charge in [0.1, 0.15) is 0 Å². The second-order valence-electron chi connectivity index (χ2n) is 4.22. The van der Waals surface area contributed by atoms with Gasteiger partial charge in [-0.25, -0.2) is 0 Å². The van der Waals surface area contributed by atoms with Gasteiger partial charge in [0.2, 0.25) is 5.91 Å². The first kappa shape index (κ1) is 12.5. The molecule has 0 spiro atoms. The van der Waals surface area contributed by atoms with Crippen LogP contribution in [0.15, 0.2) is 0 Å². The molecule has 0 aromatic heterocycles. The average Bonchev–Trinajstić information content (AvgIpc) is 2.27. The minimum Gasteiger partial charge on any atom is -0.374 e. The fourth-order valence-corrected chi connectivity index (χ4v) is 1.51. The van der Waals surface area contributed by atoms with Crippen LogP contribution in [-0.2, 0) is 9.53 Å². The lowest BCUT2D eigenvalue weighted by Crippen LogP contribution is -2.45. The van der Waals surface area contributed by atoms with E-state index in [1.807, 2.05) is 0 Å². The van der Waals surface area contributed by atoms with Crippen molar-refractivity contribution < 1.29 is 9.53 Å². The molecular weight excluding hydrogens is 192 g/mol. The van der Waals surface area contributed by atoms with E-state index in [0.29, 0.717) is 18.9 Å². The summed E-state index contributed by atoms with van der Waals surface area (Å²) in [7, 11) is 0. The number of amides is 1. The summed E-state index contributed by atoms with van der Waals surface area (Å²) < 4.78 is 5.48. The molecule has 2 unspecified atom stereocenters. The zero-order valence-electron chi connectivity index (χ0n) is 9.71. The predicted octanol–water partition coefficient (Wildman–Crippen LogP) is 0.527. The molecule has 1 rings (SSSR count). The smallest absolute Gasteiger partial charge is 0.220 e.